The van der Waals surface area contributed by atoms with Crippen molar-refractivity contribution in [3.05, 3.63) is 106 Å². The third kappa shape index (κ3) is 6.31. The van der Waals surface area contributed by atoms with Gasteiger partial charge in [0, 0.05) is 28.2 Å². The van der Waals surface area contributed by atoms with E-state index in [1.165, 1.54) is 6.20 Å². The number of halogens is 2. The Balaban J connectivity index is 0.000000162. The summed E-state index contributed by atoms with van der Waals surface area (Å²) in [6.45, 7) is 3.74. The number of imidazole rings is 2. The molecule has 0 aliphatic carbocycles. The second-order valence-electron chi connectivity index (χ2n) is 8.89. The minimum atomic E-state index is -3.60. The minimum absolute atomic E-state index is 0.0510. The standard InChI is InChI=1S/C14H12ClN3O2S.C14H12ClN3S/c1-9-10(15)6-7-16-13(9)8-21(19,20)14-17-11-4-2-3-5-12(11)18-14;1-9-10(15)6-7-16-13(9)8-19-14-17-11-4-2-3-5-12(11)18-14/h2-7H,8H2,1H3,(H,17,18);2-7H,8H2,1H3,(H,17,18). The number of nitrogens with zero attached hydrogens (tertiary/aromatic N) is 4. The van der Waals surface area contributed by atoms with Gasteiger partial charge in [-0.25, -0.2) is 18.4 Å². The topological polar surface area (TPSA) is 117 Å². The van der Waals surface area contributed by atoms with Gasteiger partial charge in [0.25, 0.3) is 0 Å². The van der Waals surface area contributed by atoms with Crippen molar-refractivity contribution < 1.29 is 8.42 Å². The maximum Gasteiger partial charge on any atom is 0.226 e. The zero-order valence-corrected chi connectivity index (χ0v) is 24.7. The molecule has 0 unspecified atom stereocenters. The van der Waals surface area contributed by atoms with Crippen LogP contribution in [0.1, 0.15) is 22.5 Å². The predicted molar refractivity (Wildman–Crippen MR) is 161 cm³/mol. The Kier molecular flexibility index (Phi) is 8.41. The summed E-state index contributed by atoms with van der Waals surface area (Å²) in [6.07, 6.45) is 3.24. The zero-order valence-electron chi connectivity index (χ0n) is 21.5. The molecule has 2 aromatic carbocycles. The molecule has 12 heteroatoms. The Bertz CT molecular complexity index is 1860. The summed E-state index contributed by atoms with van der Waals surface area (Å²) in [7, 11) is -3.60. The number of fused-ring (bicyclic) bond motifs is 2. The highest BCUT2D eigenvalue weighted by molar-refractivity contribution is 7.98. The smallest absolute Gasteiger partial charge is 0.226 e. The number of para-hydroxylation sites is 4. The van der Waals surface area contributed by atoms with Crippen LogP contribution >= 0.6 is 35.0 Å². The molecule has 40 heavy (non-hydrogen) atoms. The first kappa shape index (κ1) is 28.1. The largest absolute Gasteiger partial charge is 0.333 e. The van der Waals surface area contributed by atoms with E-state index in [-0.39, 0.29) is 10.9 Å². The quantitative estimate of drug-likeness (QED) is 0.193. The third-order valence-corrected chi connectivity index (χ3v) is 9.33. The fourth-order valence-corrected chi connectivity index (χ4v) is 6.39. The molecule has 0 radical (unpaired) electrons. The van der Waals surface area contributed by atoms with Gasteiger partial charge in [0.2, 0.25) is 15.0 Å². The van der Waals surface area contributed by atoms with E-state index in [1.54, 1.807) is 43.1 Å². The van der Waals surface area contributed by atoms with Gasteiger partial charge in [-0.05, 0) is 61.4 Å². The molecule has 6 rings (SSSR count). The van der Waals surface area contributed by atoms with Gasteiger partial charge < -0.3 is 9.97 Å². The summed E-state index contributed by atoms with van der Waals surface area (Å²) in [4.78, 5) is 23.2. The Labute approximate surface area is 245 Å². The highest BCUT2D eigenvalue weighted by atomic mass is 35.5. The van der Waals surface area contributed by atoms with Crippen LogP contribution in [-0.2, 0) is 21.3 Å². The number of thioether (sulfide) groups is 1. The fourth-order valence-electron chi connectivity index (χ4n) is 3.86. The van der Waals surface area contributed by atoms with E-state index in [0.29, 0.717) is 27.3 Å². The van der Waals surface area contributed by atoms with Gasteiger partial charge in [0.05, 0.1) is 33.5 Å². The van der Waals surface area contributed by atoms with Crippen LogP contribution in [0.2, 0.25) is 10.0 Å². The van der Waals surface area contributed by atoms with E-state index >= 15 is 0 Å². The van der Waals surface area contributed by atoms with Crippen molar-refractivity contribution >= 4 is 66.9 Å². The summed E-state index contributed by atoms with van der Waals surface area (Å²) in [5.41, 5.74) is 6.48. The average molecular weight is 612 g/mol. The maximum absolute atomic E-state index is 12.5. The zero-order chi connectivity index (χ0) is 28.3. The van der Waals surface area contributed by atoms with E-state index in [9.17, 15) is 8.42 Å². The molecule has 6 aromatic rings. The molecule has 0 saturated heterocycles. The molecule has 204 valence electrons. The first-order valence-corrected chi connectivity index (χ1v) is 15.6. The molecule has 0 saturated carbocycles. The number of benzene rings is 2. The molecule has 4 heterocycles. The van der Waals surface area contributed by atoms with E-state index < -0.39 is 9.84 Å². The average Bonchev–Trinajstić information content (AvgIpc) is 3.57. The number of nitrogens with one attached hydrogen (secondary N) is 2. The van der Waals surface area contributed by atoms with Crippen molar-refractivity contribution in [2.75, 3.05) is 0 Å². The molecule has 0 amide bonds. The van der Waals surface area contributed by atoms with Crippen molar-refractivity contribution in [2.45, 2.75) is 35.7 Å². The molecule has 4 aromatic heterocycles. The lowest BCUT2D eigenvalue weighted by Gasteiger charge is -2.05. The second-order valence-corrected chi connectivity index (χ2v) is 12.6. The summed E-state index contributed by atoms with van der Waals surface area (Å²) < 4.78 is 24.9. The van der Waals surface area contributed by atoms with Crippen LogP contribution in [0.15, 0.2) is 83.4 Å². The third-order valence-electron chi connectivity index (χ3n) is 6.19. The number of aromatic nitrogens is 6. The number of pyridine rings is 2. The number of H-pyrrole nitrogens is 2. The molecule has 0 spiro atoms. The Morgan fingerprint density at radius 3 is 1.93 bits per heavy atom. The Morgan fingerprint density at radius 2 is 1.30 bits per heavy atom. The number of rotatable bonds is 6. The molecule has 0 bridgehead atoms. The molecule has 0 atom stereocenters. The fraction of sp³-hybridized carbons (Fsp3) is 0.143. The molecule has 8 nitrogen and oxygen atoms in total. The summed E-state index contributed by atoms with van der Waals surface area (Å²) in [5, 5.41) is 2.11. The van der Waals surface area contributed by atoms with Crippen LogP contribution < -0.4 is 0 Å². The SMILES string of the molecule is Cc1c(Cl)ccnc1CS(=O)(=O)c1nc2ccccc2[nH]1.Cc1c(Cl)ccnc1CSc1nc2ccccc2[nH]1. The highest BCUT2D eigenvalue weighted by Crippen LogP contribution is 2.26. The lowest BCUT2D eigenvalue weighted by atomic mass is 10.2. The van der Waals surface area contributed by atoms with Gasteiger partial charge in [0.15, 0.2) is 5.16 Å². The van der Waals surface area contributed by atoms with Gasteiger partial charge in [-0.2, -0.15) is 0 Å². The lowest BCUT2D eigenvalue weighted by Crippen LogP contribution is -2.09. The minimum Gasteiger partial charge on any atom is -0.333 e. The van der Waals surface area contributed by atoms with Crippen LogP contribution in [0, 0.1) is 13.8 Å². The van der Waals surface area contributed by atoms with Gasteiger partial charge in [-0.15, -0.1) is 0 Å². The van der Waals surface area contributed by atoms with Gasteiger partial charge in [-0.1, -0.05) is 59.2 Å². The monoisotopic (exact) mass is 610 g/mol. The number of aromatic amines is 2. The van der Waals surface area contributed by atoms with Crippen LogP contribution in [-0.4, -0.2) is 38.3 Å². The molecule has 0 aliphatic rings. The van der Waals surface area contributed by atoms with Crippen molar-refractivity contribution in [3.8, 4) is 0 Å². The molecular weight excluding hydrogens is 587 g/mol. The maximum atomic E-state index is 12.5. The number of sulfone groups is 1. The van der Waals surface area contributed by atoms with Crippen LogP contribution in [0.3, 0.4) is 0 Å². The number of hydrogen-bond acceptors (Lipinski definition) is 7. The summed E-state index contributed by atoms with van der Waals surface area (Å²) in [6, 6.07) is 18.6. The first-order valence-electron chi connectivity index (χ1n) is 12.2. The van der Waals surface area contributed by atoms with Gasteiger partial charge in [-0.3, -0.25) is 9.97 Å². The van der Waals surface area contributed by atoms with E-state index in [4.69, 9.17) is 23.2 Å². The Morgan fingerprint density at radius 1 is 0.750 bits per heavy atom. The molecule has 0 aliphatic heterocycles. The number of hydrogen-bond donors (Lipinski definition) is 2. The van der Waals surface area contributed by atoms with Crippen LogP contribution in [0.4, 0.5) is 0 Å². The normalized spacial score (nSPS) is 11.5. The summed E-state index contributed by atoms with van der Waals surface area (Å²) in [5.74, 6) is 0.519. The Hall–Kier alpha value is -3.44. The van der Waals surface area contributed by atoms with Crippen molar-refractivity contribution in [3.63, 3.8) is 0 Å². The van der Waals surface area contributed by atoms with E-state index in [1.807, 2.05) is 49.4 Å². The van der Waals surface area contributed by atoms with Crippen LogP contribution in [0.25, 0.3) is 22.1 Å². The van der Waals surface area contributed by atoms with Crippen LogP contribution in [0.5, 0.6) is 0 Å². The first-order chi connectivity index (χ1) is 19.2. The van der Waals surface area contributed by atoms with Crippen molar-refractivity contribution in [1.82, 2.24) is 29.9 Å². The molecule has 0 fully saturated rings. The summed E-state index contributed by atoms with van der Waals surface area (Å²) >= 11 is 13.7. The van der Waals surface area contributed by atoms with E-state index in [0.717, 1.165) is 38.2 Å². The van der Waals surface area contributed by atoms with E-state index in [2.05, 4.69) is 29.9 Å². The lowest BCUT2D eigenvalue weighted by molar-refractivity contribution is 0.587. The molecular formula is C28H24Cl2N6O2S2. The highest BCUT2D eigenvalue weighted by Gasteiger charge is 2.22. The second kappa shape index (κ2) is 12.0. The van der Waals surface area contributed by atoms with Crippen molar-refractivity contribution in [2.24, 2.45) is 0 Å². The molecule has 2 N–H and O–H groups in total. The predicted octanol–water partition coefficient (Wildman–Crippen LogP) is 7.11. The van der Waals surface area contributed by atoms with Crippen molar-refractivity contribution in [1.29, 1.82) is 0 Å². The van der Waals surface area contributed by atoms with Gasteiger partial charge in [0.1, 0.15) is 5.75 Å². The van der Waals surface area contributed by atoms with Gasteiger partial charge >= 0.3 is 0 Å².